The molecular weight excluding hydrogens is 572 g/mol. The molecule has 0 aromatic heterocycles. The van der Waals surface area contributed by atoms with Gasteiger partial charge < -0.3 is 41.1 Å². The Morgan fingerprint density at radius 2 is 1.75 bits per heavy atom. The van der Waals surface area contributed by atoms with Crippen molar-refractivity contribution in [3.05, 3.63) is 70.0 Å². The maximum Gasteiger partial charge on any atom is 0.412 e. The number of nitrogens with one attached hydrogen (secondary N) is 1. The Balaban J connectivity index is 1.59. The molecular formula is C31H34N4O9. The number of ether oxygens (including phenoxy) is 1. The quantitative estimate of drug-likeness (QED) is 0.259. The summed E-state index contributed by atoms with van der Waals surface area (Å²) in [7, 11) is 6.59. The molecule has 44 heavy (non-hydrogen) atoms. The first-order chi connectivity index (χ1) is 20.7. The largest absolute Gasteiger partial charge is 0.508 e. The highest BCUT2D eigenvalue weighted by molar-refractivity contribution is 6.24. The molecule has 232 valence electrons. The smallest absolute Gasteiger partial charge is 0.412 e. The van der Waals surface area contributed by atoms with Crippen molar-refractivity contribution in [3.63, 3.8) is 0 Å². The zero-order valence-corrected chi connectivity index (χ0v) is 24.6. The van der Waals surface area contributed by atoms with Gasteiger partial charge in [-0.1, -0.05) is 18.2 Å². The summed E-state index contributed by atoms with van der Waals surface area (Å²) in [5.74, 6) is -6.95. The summed E-state index contributed by atoms with van der Waals surface area (Å²) in [5.41, 5.74) is 2.75. The van der Waals surface area contributed by atoms with Crippen LogP contribution in [0.3, 0.4) is 0 Å². The molecule has 2 aromatic carbocycles. The molecule has 0 heterocycles. The first kappa shape index (κ1) is 30.6. The van der Waals surface area contributed by atoms with Crippen LogP contribution in [0.25, 0.3) is 5.76 Å². The van der Waals surface area contributed by atoms with Crippen LogP contribution in [0, 0.1) is 11.8 Å². The first-order valence-corrected chi connectivity index (χ1v) is 13.9. The molecule has 0 saturated heterocycles. The van der Waals surface area contributed by atoms with E-state index in [1.807, 2.05) is 0 Å². The molecule has 0 bridgehead atoms. The number of hydrogen-bond donors (Lipinski definition) is 6. The van der Waals surface area contributed by atoms with E-state index in [1.165, 1.54) is 4.90 Å². The molecule has 13 nitrogen and oxygen atoms in total. The van der Waals surface area contributed by atoms with Crippen LogP contribution in [0.1, 0.15) is 23.1 Å². The summed E-state index contributed by atoms with van der Waals surface area (Å²) in [6, 6.07) is 8.85. The van der Waals surface area contributed by atoms with Gasteiger partial charge in [-0.05, 0) is 56.6 Å². The minimum atomic E-state index is -2.73. The van der Waals surface area contributed by atoms with Crippen molar-refractivity contribution in [2.24, 2.45) is 17.6 Å². The number of likely N-dealkylation sites (N-methyl/N-ethyl adjacent to an activating group) is 1. The number of primary amides is 1. The van der Waals surface area contributed by atoms with E-state index in [-0.39, 0.29) is 36.1 Å². The number of aliphatic hydroxyl groups is 3. The Labute approximate surface area is 252 Å². The van der Waals surface area contributed by atoms with Crippen LogP contribution in [0.5, 0.6) is 11.5 Å². The topological polar surface area (TPSA) is 203 Å². The van der Waals surface area contributed by atoms with E-state index >= 15 is 0 Å². The zero-order chi connectivity index (χ0) is 32.2. The number of aromatic hydroxyl groups is 1. The second-order valence-corrected chi connectivity index (χ2v) is 11.7. The lowest BCUT2D eigenvalue weighted by molar-refractivity contribution is -0.153. The van der Waals surface area contributed by atoms with Crippen LogP contribution in [0.4, 0.5) is 10.5 Å². The van der Waals surface area contributed by atoms with Crippen LogP contribution in [0.2, 0.25) is 0 Å². The summed E-state index contributed by atoms with van der Waals surface area (Å²) in [4.78, 5) is 55.2. The van der Waals surface area contributed by atoms with Crippen LogP contribution in [-0.2, 0) is 27.3 Å². The number of nitrogens with two attached hydrogens (primary N) is 1. The molecule has 0 spiro atoms. The number of phenols is 1. The van der Waals surface area contributed by atoms with E-state index in [9.17, 15) is 39.6 Å². The molecule has 1 saturated carbocycles. The predicted octanol–water partition coefficient (Wildman–Crippen LogP) is 1.32. The Morgan fingerprint density at radius 3 is 2.34 bits per heavy atom. The number of benzene rings is 2. The summed E-state index contributed by atoms with van der Waals surface area (Å²) < 4.78 is 5.24. The highest BCUT2D eigenvalue weighted by Gasteiger charge is 2.64. The predicted molar refractivity (Wildman–Crippen MR) is 158 cm³/mol. The van der Waals surface area contributed by atoms with Gasteiger partial charge in [0.15, 0.2) is 11.4 Å². The van der Waals surface area contributed by atoms with Gasteiger partial charge in [0.1, 0.15) is 28.6 Å². The summed E-state index contributed by atoms with van der Waals surface area (Å²) in [6.45, 7) is -0.199. The lowest BCUT2D eigenvalue weighted by atomic mass is 9.57. The van der Waals surface area contributed by atoms with Gasteiger partial charge >= 0.3 is 6.09 Å². The number of anilines is 1. The van der Waals surface area contributed by atoms with Crippen molar-refractivity contribution in [3.8, 4) is 11.5 Å². The summed E-state index contributed by atoms with van der Waals surface area (Å²) in [5, 5.41) is 48.3. The number of nitrogens with zero attached hydrogens (tertiary/aromatic N) is 2. The molecule has 2 amide bonds. The van der Waals surface area contributed by atoms with Crippen molar-refractivity contribution < 1.29 is 44.3 Å². The zero-order valence-electron chi connectivity index (χ0n) is 24.6. The third-order valence-corrected chi connectivity index (χ3v) is 8.63. The van der Waals surface area contributed by atoms with E-state index in [0.29, 0.717) is 17.0 Å². The molecule has 13 heteroatoms. The van der Waals surface area contributed by atoms with Gasteiger partial charge in [-0.15, -0.1) is 0 Å². The van der Waals surface area contributed by atoms with Crippen LogP contribution < -0.4 is 20.7 Å². The van der Waals surface area contributed by atoms with E-state index in [1.54, 1.807) is 69.5 Å². The average Bonchev–Trinajstić information content (AvgIpc) is 2.94. The lowest BCUT2D eigenvalue weighted by Crippen LogP contribution is -2.65. The number of ketones is 2. The lowest BCUT2D eigenvalue weighted by Gasteiger charge is -2.50. The van der Waals surface area contributed by atoms with Gasteiger partial charge in [0.05, 0.1) is 11.6 Å². The van der Waals surface area contributed by atoms with E-state index in [4.69, 9.17) is 10.5 Å². The second-order valence-electron chi connectivity index (χ2n) is 11.7. The van der Waals surface area contributed by atoms with Gasteiger partial charge in [-0.3, -0.25) is 19.3 Å². The fourth-order valence-electron chi connectivity index (χ4n) is 6.68. The third kappa shape index (κ3) is 4.64. The van der Waals surface area contributed by atoms with Crippen molar-refractivity contribution in [2.45, 2.75) is 31.0 Å². The van der Waals surface area contributed by atoms with Crippen LogP contribution in [-0.4, -0.2) is 88.7 Å². The van der Waals surface area contributed by atoms with Crippen molar-refractivity contribution in [2.75, 3.05) is 33.1 Å². The minimum absolute atomic E-state index is 0.0198. The molecule has 2 aromatic rings. The normalized spacial score (nSPS) is 24.5. The van der Waals surface area contributed by atoms with Gasteiger partial charge in [0.25, 0.3) is 5.91 Å². The molecule has 1 fully saturated rings. The molecule has 0 unspecified atom stereocenters. The maximum absolute atomic E-state index is 14.1. The van der Waals surface area contributed by atoms with Gasteiger partial charge in [-0.2, -0.15) is 0 Å². The number of phenolic OH excluding ortho intramolecular Hbond substituents is 1. The van der Waals surface area contributed by atoms with E-state index in [2.05, 4.69) is 5.32 Å². The number of aliphatic hydroxyl groups excluding tert-OH is 2. The number of hydrogen-bond acceptors (Lipinski definition) is 11. The molecule has 0 radical (unpaired) electrons. The standard InChI is InChI=1S/C31H34N4O9/c1-34(2)19-12-15(13-33-30(42)44-16-8-6-5-7-9-16)24(36)21-17(19)10-14-11-18-23(35(3)4)26(38)22(29(32)41)28(40)31(18,43)27(39)20(14)25(21)37/h5-9,12,14,18,23,36-37,40,43H,10-11,13H2,1-4H3,(H2,32,41)(H,33,42)/t14-,18-,23+,31-/m0/s1. The number of rotatable bonds is 6. The molecule has 7 N–H and O–H groups in total. The van der Waals surface area contributed by atoms with Gasteiger partial charge in [0, 0.05) is 43.4 Å². The Kier molecular flexibility index (Phi) is 7.64. The maximum atomic E-state index is 14.1. The molecule has 4 atom stereocenters. The number of fused-ring (bicyclic) bond motifs is 3. The fourth-order valence-corrected chi connectivity index (χ4v) is 6.68. The first-order valence-electron chi connectivity index (χ1n) is 13.9. The number of amides is 2. The van der Waals surface area contributed by atoms with E-state index < -0.39 is 69.9 Å². The highest BCUT2D eigenvalue weighted by atomic mass is 16.6. The minimum Gasteiger partial charge on any atom is -0.508 e. The Hall–Kier alpha value is -4.88. The van der Waals surface area contributed by atoms with Gasteiger partial charge in [-0.25, -0.2) is 4.79 Å². The monoisotopic (exact) mass is 606 g/mol. The Bertz CT molecular complexity index is 1650. The van der Waals surface area contributed by atoms with Crippen LogP contribution >= 0.6 is 0 Å². The summed E-state index contributed by atoms with van der Waals surface area (Å²) >= 11 is 0. The van der Waals surface area contributed by atoms with Crippen molar-refractivity contribution in [1.29, 1.82) is 0 Å². The summed E-state index contributed by atoms with van der Waals surface area (Å²) in [6.07, 6.45) is -0.666. The third-order valence-electron chi connectivity index (χ3n) is 8.63. The van der Waals surface area contributed by atoms with Crippen molar-refractivity contribution in [1.82, 2.24) is 10.2 Å². The number of para-hydroxylation sites is 1. The number of carbonyl (C=O) groups excluding carboxylic acids is 4. The second kappa shape index (κ2) is 11.0. The average molecular weight is 607 g/mol. The molecule has 0 aliphatic heterocycles. The Morgan fingerprint density at radius 1 is 1.09 bits per heavy atom. The molecule has 3 aliphatic rings. The molecule has 5 rings (SSSR count). The van der Waals surface area contributed by atoms with Crippen LogP contribution in [0.15, 0.2) is 53.3 Å². The van der Waals surface area contributed by atoms with E-state index in [0.717, 1.165) is 0 Å². The number of carbonyl (C=O) groups is 4. The van der Waals surface area contributed by atoms with Crippen molar-refractivity contribution >= 4 is 35.0 Å². The highest BCUT2D eigenvalue weighted by Crippen LogP contribution is 2.54. The molecule has 3 aliphatic carbocycles. The van der Waals surface area contributed by atoms with Gasteiger partial charge in [0.2, 0.25) is 5.78 Å². The SMILES string of the molecule is CN(C)c1cc(CNC(=O)Oc2ccccc2)c(O)c2c1C[C@H]1C[C@H]3[C@@H](N(C)C)C(=O)C(C(N)=O)=C(O)[C@@]3(O)C(=O)C1=C2O. The number of Topliss-reactive ketones (excluding diaryl/α,β-unsaturated/α-hetero) is 2. The fraction of sp³-hybridized carbons (Fsp3) is 0.355.